The Bertz CT molecular complexity index is 1020. The molecular formula is C23H24FN3O2. The van der Waals surface area contributed by atoms with Gasteiger partial charge in [0.25, 0.3) is 5.91 Å². The topological polar surface area (TPSA) is 56.5 Å². The van der Waals surface area contributed by atoms with E-state index < -0.39 is 11.7 Å². The standard InChI is InChI=1S/C23H24FN3O2/c1-2-3-9-14-29-23-16-19(17-25-27(23)20-11-5-4-6-12-20)26-22(28)15-18-10-7-8-13-21(18)24/h4-8,10-13,16-17H,2-3,9,14-15H2,1H3. The Morgan fingerprint density at radius 1 is 1.10 bits per heavy atom. The van der Waals surface area contributed by atoms with Crippen LogP contribution in [0.1, 0.15) is 31.7 Å². The second kappa shape index (κ2) is 10.3. The SMILES string of the molecule is CCCCCOc1cc(=NC(=O)Cc2ccccc2F)cnn1-c1ccccc1. The summed E-state index contributed by atoms with van der Waals surface area (Å²) in [6.07, 6.45) is 4.50. The minimum Gasteiger partial charge on any atom is -0.478 e. The van der Waals surface area contributed by atoms with Crippen LogP contribution in [0.3, 0.4) is 0 Å². The Kier molecular flexibility index (Phi) is 7.28. The molecule has 5 nitrogen and oxygen atoms in total. The van der Waals surface area contributed by atoms with Crippen molar-refractivity contribution in [2.75, 3.05) is 6.61 Å². The number of para-hydroxylation sites is 1. The van der Waals surface area contributed by atoms with Crippen LogP contribution in [0.4, 0.5) is 4.39 Å². The molecule has 0 bridgehead atoms. The van der Waals surface area contributed by atoms with Gasteiger partial charge in [-0.2, -0.15) is 5.10 Å². The molecule has 1 aromatic heterocycles. The van der Waals surface area contributed by atoms with Crippen LogP contribution in [0.2, 0.25) is 0 Å². The lowest BCUT2D eigenvalue weighted by Gasteiger charge is -2.13. The molecule has 29 heavy (non-hydrogen) atoms. The van der Waals surface area contributed by atoms with Gasteiger partial charge in [-0.05, 0) is 30.2 Å². The van der Waals surface area contributed by atoms with Gasteiger partial charge < -0.3 is 4.74 Å². The number of hydrogen-bond acceptors (Lipinski definition) is 3. The predicted octanol–water partition coefficient (Wildman–Crippen LogP) is 4.25. The zero-order valence-electron chi connectivity index (χ0n) is 16.4. The first kappa shape index (κ1) is 20.5. The summed E-state index contributed by atoms with van der Waals surface area (Å²) < 4.78 is 21.4. The minimum atomic E-state index is -0.439. The van der Waals surface area contributed by atoms with E-state index in [0.29, 0.717) is 23.4 Å². The Morgan fingerprint density at radius 2 is 1.86 bits per heavy atom. The molecule has 0 saturated carbocycles. The van der Waals surface area contributed by atoms with E-state index in [1.54, 1.807) is 28.9 Å². The van der Waals surface area contributed by atoms with Gasteiger partial charge in [-0.15, -0.1) is 0 Å². The van der Waals surface area contributed by atoms with Gasteiger partial charge in [0.05, 0.1) is 30.3 Å². The fourth-order valence-corrected chi connectivity index (χ4v) is 2.84. The summed E-state index contributed by atoms with van der Waals surface area (Å²) >= 11 is 0. The highest BCUT2D eigenvalue weighted by atomic mass is 19.1. The summed E-state index contributed by atoms with van der Waals surface area (Å²) in [5, 5.41) is 4.78. The number of rotatable bonds is 8. The summed E-state index contributed by atoms with van der Waals surface area (Å²) in [4.78, 5) is 16.4. The Balaban J connectivity index is 1.86. The minimum absolute atomic E-state index is 0.104. The molecule has 3 aromatic rings. The van der Waals surface area contributed by atoms with Crippen LogP contribution in [0.15, 0.2) is 71.9 Å². The highest BCUT2D eigenvalue weighted by molar-refractivity contribution is 5.79. The monoisotopic (exact) mass is 393 g/mol. The summed E-state index contributed by atoms with van der Waals surface area (Å²) in [5.41, 5.74) is 1.17. The first-order valence-corrected chi connectivity index (χ1v) is 9.76. The van der Waals surface area contributed by atoms with Crippen LogP contribution in [0, 0.1) is 5.82 Å². The van der Waals surface area contributed by atoms with E-state index in [4.69, 9.17) is 4.74 Å². The number of hydrogen-bond donors (Lipinski definition) is 0. The molecule has 150 valence electrons. The summed E-state index contributed by atoms with van der Waals surface area (Å²) in [5.74, 6) is -0.345. The molecule has 1 amide bonds. The van der Waals surface area contributed by atoms with Gasteiger partial charge in [0, 0.05) is 6.07 Å². The van der Waals surface area contributed by atoms with Crippen molar-refractivity contribution >= 4 is 5.91 Å². The maximum absolute atomic E-state index is 13.8. The number of nitrogens with zero attached hydrogens (tertiary/aromatic N) is 3. The van der Waals surface area contributed by atoms with Crippen LogP contribution in [0.25, 0.3) is 5.69 Å². The lowest BCUT2D eigenvalue weighted by molar-refractivity contribution is -0.117. The molecule has 6 heteroatoms. The Labute approximate surface area is 169 Å². The van der Waals surface area contributed by atoms with Gasteiger partial charge in [0.15, 0.2) is 0 Å². The quantitative estimate of drug-likeness (QED) is 0.538. The van der Waals surface area contributed by atoms with Gasteiger partial charge >= 0.3 is 0 Å². The third-order valence-corrected chi connectivity index (χ3v) is 4.34. The maximum Gasteiger partial charge on any atom is 0.250 e. The van der Waals surface area contributed by atoms with Crippen LogP contribution in [-0.4, -0.2) is 22.3 Å². The Morgan fingerprint density at radius 3 is 2.62 bits per heavy atom. The molecule has 3 rings (SSSR count). The molecule has 0 aliphatic carbocycles. The van der Waals surface area contributed by atoms with Crippen molar-refractivity contribution in [3.63, 3.8) is 0 Å². The molecule has 0 unspecified atom stereocenters. The number of benzene rings is 2. The molecular weight excluding hydrogens is 369 g/mol. The Hall–Kier alpha value is -3.28. The largest absolute Gasteiger partial charge is 0.478 e. The maximum atomic E-state index is 13.8. The molecule has 0 saturated heterocycles. The van der Waals surface area contributed by atoms with Crippen molar-refractivity contribution in [3.05, 3.63) is 83.6 Å². The first-order chi connectivity index (χ1) is 14.2. The van der Waals surface area contributed by atoms with E-state index in [-0.39, 0.29) is 6.42 Å². The fraction of sp³-hybridized carbons (Fsp3) is 0.261. The molecule has 0 aliphatic rings. The average molecular weight is 393 g/mol. The number of aromatic nitrogens is 2. The van der Waals surface area contributed by atoms with Crippen molar-refractivity contribution in [1.29, 1.82) is 0 Å². The number of halogens is 1. The second-order valence-corrected chi connectivity index (χ2v) is 6.63. The van der Waals surface area contributed by atoms with Crippen molar-refractivity contribution in [1.82, 2.24) is 9.78 Å². The third kappa shape index (κ3) is 5.85. The van der Waals surface area contributed by atoms with Gasteiger partial charge in [-0.3, -0.25) is 4.79 Å². The smallest absolute Gasteiger partial charge is 0.250 e. The van der Waals surface area contributed by atoms with Crippen molar-refractivity contribution < 1.29 is 13.9 Å². The highest BCUT2D eigenvalue weighted by Crippen LogP contribution is 2.15. The van der Waals surface area contributed by atoms with E-state index in [1.165, 1.54) is 12.3 Å². The molecule has 1 heterocycles. The number of ether oxygens (including phenoxy) is 1. The van der Waals surface area contributed by atoms with E-state index in [1.807, 2.05) is 30.3 Å². The van der Waals surface area contributed by atoms with E-state index >= 15 is 0 Å². The first-order valence-electron chi connectivity index (χ1n) is 9.76. The van der Waals surface area contributed by atoms with E-state index in [2.05, 4.69) is 17.0 Å². The molecule has 0 radical (unpaired) electrons. The second-order valence-electron chi connectivity index (χ2n) is 6.63. The van der Waals surface area contributed by atoms with Crippen molar-refractivity contribution in [2.45, 2.75) is 32.6 Å². The summed E-state index contributed by atoms with van der Waals surface area (Å²) in [7, 11) is 0. The lowest BCUT2D eigenvalue weighted by Crippen LogP contribution is -2.16. The lowest BCUT2D eigenvalue weighted by atomic mass is 10.1. The molecule has 0 spiro atoms. The van der Waals surface area contributed by atoms with Crippen molar-refractivity contribution in [2.24, 2.45) is 4.99 Å². The summed E-state index contributed by atoms with van der Waals surface area (Å²) in [6, 6.07) is 17.5. The molecule has 2 aromatic carbocycles. The highest BCUT2D eigenvalue weighted by Gasteiger charge is 2.09. The molecule has 0 N–H and O–H groups in total. The van der Waals surface area contributed by atoms with Crippen molar-refractivity contribution in [3.8, 4) is 11.6 Å². The molecule has 0 aliphatic heterocycles. The normalized spacial score (nSPS) is 11.4. The van der Waals surface area contributed by atoms with Gasteiger partial charge in [0.1, 0.15) is 5.82 Å². The van der Waals surface area contributed by atoms with Gasteiger partial charge in [-0.25, -0.2) is 14.1 Å². The van der Waals surface area contributed by atoms with Crippen LogP contribution in [0.5, 0.6) is 5.88 Å². The van der Waals surface area contributed by atoms with Crippen LogP contribution >= 0.6 is 0 Å². The molecule has 0 atom stereocenters. The zero-order valence-corrected chi connectivity index (χ0v) is 16.4. The van der Waals surface area contributed by atoms with Crippen LogP contribution in [-0.2, 0) is 11.2 Å². The zero-order chi connectivity index (χ0) is 20.5. The van der Waals surface area contributed by atoms with Gasteiger partial charge in [-0.1, -0.05) is 56.2 Å². The molecule has 0 fully saturated rings. The van der Waals surface area contributed by atoms with Crippen LogP contribution < -0.4 is 10.1 Å². The van der Waals surface area contributed by atoms with E-state index in [0.717, 1.165) is 24.9 Å². The number of amides is 1. The average Bonchev–Trinajstić information content (AvgIpc) is 2.74. The predicted molar refractivity (Wildman–Crippen MR) is 109 cm³/mol. The van der Waals surface area contributed by atoms with E-state index in [9.17, 15) is 9.18 Å². The number of carbonyl (C=O) groups excluding carboxylic acids is 1. The third-order valence-electron chi connectivity index (χ3n) is 4.34. The number of carbonyl (C=O) groups is 1. The van der Waals surface area contributed by atoms with Gasteiger partial charge in [0.2, 0.25) is 5.88 Å². The summed E-state index contributed by atoms with van der Waals surface area (Å²) in [6.45, 7) is 2.68. The fourth-order valence-electron chi connectivity index (χ4n) is 2.84. The number of unbranched alkanes of at least 4 members (excludes halogenated alkanes) is 2.